The molecular weight excluding hydrogens is 240 g/mol. The maximum atomic E-state index is 11.2. The van der Waals surface area contributed by atoms with Crippen molar-refractivity contribution in [3.8, 4) is 5.75 Å². The highest BCUT2D eigenvalue weighted by atomic mass is 16.5. The van der Waals surface area contributed by atoms with E-state index in [9.17, 15) is 4.79 Å². The third kappa shape index (κ3) is 6.39. The van der Waals surface area contributed by atoms with Gasteiger partial charge in [-0.3, -0.25) is 4.79 Å². The Bertz CT molecular complexity index is 357. The van der Waals surface area contributed by atoms with Gasteiger partial charge in [0, 0.05) is 5.56 Å². The molecule has 0 unspecified atom stereocenters. The van der Waals surface area contributed by atoms with E-state index in [1.165, 1.54) is 32.1 Å². The van der Waals surface area contributed by atoms with Crippen LogP contribution in [0.1, 0.15) is 55.8 Å². The van der Waals surface area contributed by atoms with Gasteiger partial charge < -0.3 is 9.84 Å². The first kappa shape index (κ1) is 15.7. The van der Waals surface area contributed by atoms with E-state index in [2.05, 4.69) is 6.92 Å². The van der Waals surface area contributed by atoms with Crippen LogP contribution in [0.15, 0.2) is 24.3 Å². The zero-order valence-electron chi connectivity index (χ0n) is 11.7. The molecule has 0 aliphatic carbocycles. The van der Waals surface area contributed by atoms with Crippen molar-refractivity contribution in [2.24, 2.45) is 0 Å². The number of ketones is 1. The van der Waals surface area contributed by atoms with Gasteiger partial charge in [-0.1, -0.05) is 39.0 Å². The number of carbonyl (C=O) groups excluding carboxylic acids is 1. The molecular formula is C16H24O3. The van der Waals surface area contributed by atoms with Crippen LogP contribution in [0, 0.1) is 0 Å². The molecule has 0 radical (unpaired) electrons. The third-order valence-electron chi connectivity index (χ3n) is 3.09. The number of hydrogen-bond donors (Lipinski definition) is 1. The van der Waals surface area contributed by atoms with Crippen molar-refractivity contribution in [3.63, 3.8) is 0 Å². The first-order valence-electron chi connectivity index (χ1n) is 7.15. The molecule has 0 heterocycles. The van der Waals surface area contributed by atoms with Gasteiger partial charge in [0.1, 0.15) is 12.4 Å². The molecule has 3 nitrogen and oxygen atoms in total. The molecule has 1 aromatic rings. The van der Waals surface area contributed by atoms with Crippen LogP contribution in [-0.4, -0.2) is 24.1 Å². The predicted octanol–water partition coefficient (Wildman–Crippen LogP) is 3.60. The smallest absolute Gasteiger partial charge is 0.188 e. The number of benzene rings is 1. The van der Waals surface area contributed by atoms with E-state index in [4.69, 9.17) is 9.84 Å². The highest BCUT2D eigenvalue weighted by Gasteiger charge is 2.03. The lowest BCUT2D eigenvalue weighted by molar-refractivity contribution is 0.0903. The molecule has 1 aromatic carbocycles. The van der Waals surface area contributed by atoms with Crippen LogP contribution in [0.25, 0.3) is 0 Å². The molecule has 0 fully saturated rings. The Morgan fingerprint density at radius 3 is 2.32 bits per heavy atom. The van der Waals surface area contributed by atoms with Crippen molar-refractivity contribution >= 4 is 5.78 Å². The molecule has 0 bridgehead atoms. The van der Waals surface area contributed by atoms with Crippen LogP contribution in [0.5, 0.6) is 5.75 Å². The molecule has 19 heavy (non-hydrogen) atoms. The first-order chi connectivity index (χ1) is 9.27. The zero-order chi connectivity index (χ0) is 13.9. The fraction of sp³-hybridized carbons (Fsp3) is 0.562. The second kappa shape index (κ2) is 9.56. The van der Waals surface area contributed by atoms with E-state index < -0.39 is 6.61 Å². The average molecular weight is 264 g/mol. The van der Waals surface area contributed by atoms with E-state index in [-0.39, 0.29) is 5.78 Å². The molecule has 106 valence electrons. The topological polar surface area (TPSA) is 46.5 Å². The summed E-state index contributed by atoms with van der Waals surface area (Å²) < 4.78 is 5.61. The lowest BCUT2D eigenvalue weighted by atomic mass is 10.1. The number of hydrogen-bond acceptors (Lipinski definition) is 3. The van der Waals surface area contributed by atoms with Crippen molar-refractivity contribution < 1.29 is 14.6 Å². The standard InChI is InChI=1S/C16H24O3/c1-2-3-4-5-6-7-12-19-15-10-8-14(9-11-15)16(18)13-17/h8-11,17H,2-7,12-13H2,1H3. The Hall–Kier alpha value is -1.35. The van der Waals surface area contributed by atoms with Crippen LogP contribution in [0.3, 0.4) is 0 Å². The summed E-state index contributed by atoms with van der Waals surface area (Å²) in [6, 6.07) is 6.93. The first-order valence-corrected chi connectivity index (χ1v) is 7.15. The van der Waals surface area contributed by atoms with Crippen molar-refractivity contribution in [1.29, 1.82) is 0 Å². The molecule has 0 saturated carbocycles. The number of Topliss-reactive ketones (excluding diaryl/α,β-unsaturated/α-hetero) is 1. The fourth-order valence-electron chi connectivity index (χ4n) is 1.90. The highest BCUT2D eigenvalue weighted by molar-refractivity contribution is 5.96. The van der Waals surface area contributed by atoms with Crippen molar-refractivity contribution in [2.45, 2.75) is 45.4 Å². The van der Waals surface area contributed by atoms with Gasteiger partial charge >= 0.3 is 0 Å². The molecule has 0 spiro atoms. The van der Waals surface area contributed by atoms with Gasteiger partial charge in [-0.25, -0.2) is 0 Å². The lowest BCUT2D eigenvalue weighted by Crippen LogP contribution is -2.04. The summed E-state index contributed by atoms with van der Waals surface area (Å²) in [6.45, 7) is 2.49. The molecule has 0 aliphatic heterocycles. The maximum absolute atomic E-state index is 11.2. The van der Waals surface area contributed by atoms with Gasteiger partial charge in [0.05, 0.1) is 6.61 Å². The summed E-state index contributed by atoms with van der Waals surface area (Å²) in [4.78, 5) is 11.2. The van der Waals surface area contributed by atoms with Crippen molar-refractivity contribution in [1.82, 2.24) is 0 Å². The molecule has 3 heteroatoms. The summed E-state index contributed by atoms with van der Waals surface area (Å²) in [5, 5.41) is 8.74. The number of ether oxygens (including phenoxy) is 1. The third-order valence-corrected chi connectivity index (χ3v) is 3.09. The maximum Gasteiger partial charge on any atom is 0.188 e. The largest absolute Gasteiger partial charge is 0.494 e. The average Bonchev–Trinajstić information content (AvgIpc) is 2.46. The number of aliphatic hydroxyl groups excluding tert-OH is 1. The van der Waals surface area contributed by atoms with Crippen LogP contribution < -0.4 is 4.74 Å². The minimum Gasteiger partial charge on any atom is -0.494 e. The van der Waals surface area contributed by atoms with Gasteiger partial charge in [-0.15, -0.1) is 0 Å². The minimum absolute atomic E-state index is 0.262. The lowest BCUT2D eigenvalue weighted by Gasteiger charge is -2.06. The number of unbranched alkanes of at least 4 members (excludes halogenated alkanes) is 5. The van der Waals surface area contributed by atoms with Crippen LogP contribution in [0.4, 0.5) is 0 Å². The van der Waals surface area contributed by atoms with Gasteiger partial charge in [0.2, 0.25) is 0 Å². The number of aliphatic hydroxyl groups is 1. The van der Waals surface area contributed by atoms with Gasteiger partial charge in [-0.2, -0.15) is 0 Å². The Kier molecular flexibility index (Phi) is 7.91. The normalized spacial score (nSPS) is 10.4. The zero-order valence-corrected chi connectivity index (χ0v) is 11.7. The van der Waals surface area contributed by atoms with Crippen molar-refractivity contribution in [3.05, 3.63) is 29.8 Å². The van der Waals surface area contributed by atoms with E-state index in [0.717, 1.165) is 18.8 Å². The SMILES string of the molecule is CCCCCCCCOc1ccc(C(=O)CO)cc1. The van der Waals surface area contributed by atoms with Gasteiger partial charge in [0.15, 0.2) is 5.78 Å². The number of carbonyl (C=O) groups is 1. The highest BCUT2D eigenvalue weighted by Crippen LogP contribution is 2.13. The van der Waals surface area contributed by atoms with Crippen LogP contribution >= 0.6 is 0 Å². The minimum atomic E-state index is -0.446. The van der Waals surface area contributed by atoms with Crippen molar-refractivity contribution in [2.75, 3.05) is 13.2 Å². The second-order valence-corrected chi connectivity index (χ2v) is 4.72. The quantitative estimate of drug-likeness (QED) is 0.519. The molecule has 1 rings (SSSR count). The van der Waals surface area contributed by atoms with Gasteiger partial charge in [-0.05, 0) is 30.7 Å². The van der Waals surface area contributed by atoms with Crippen LogP contribution in [-0.2, 0) is 0 Å². The Morgan fingerprint density at radius 1 is 1.05 bits per heavy atom. The van der Waals surface area contributed by atoms with Crippen LogP contribution in [0.2, 0.25) is 0 Å². The fourth-order valence-corrected chi connectivity index (χ4v) is 1.90. The van der Waals surface area contributed by atoms with E-state index in [1.54, 1.807) is 24.3 Å². The molecule has 0 atom stereocenters. The molecule has 0 amide bonds. The van der Waals surface area contributed by atoms with E-state index >= 15 is 0 Å². The van der Waals surface area contributed by atoms with E-state index in [0.29, 0.717) is 5.56 Å². The Morgan fingerprint density at radius 2 is 1.68 bits per heavy atom. The summed E-state index contributed by atoms with van der Waals surface area (Å²) in [7, 11) is 0. The molecule has 0 saturated heterocycles. The molecule has 1 N–H and O–H groups in total. The summed E-state index contributed by atoms with van der Waals surface area (Å²) in [5.74, 6) is 0.519. The summed E-state index contributed by atoms with van der Waals surface area (Å²) >= 11 is 0. The second-order valence-electron chi connectivity index (χ2n) is 4.72. The molecule has 0 aromatic heterocycles. The predicted molar refractivity (Wildman–Crippen MR) is 76.7 cm³/mol. The Labute approximate surface area is 115 Å². The molecule has 0 aliphatic rings. The monoisotopic (exact) mass is 264 g/mol. The van der Waals surface area contributed by atoms with Gasteiger partial charge in [0.25, 0.3) is 0 Å². The summed E-state index contributed by atoms with van der Waals surface area (Å²) in [5.41, 5.74) is 0.523. The number of rotatable bonds is 10. The summed E-state index contributed by atoms with van der Waals surface area (Å²) in [6.07, 6.45) is 7.47. The Balaban J connectivity index is 2.18. The van der Waals surface area contributed by atoms with E-state index in [1.807, 2.05) is 0 Å².